The van der Waals surface area contributed by atoms with Gasteiger partial charge in [0.05, 0.1) is 23.1 Å². The molecule has 2 N–H and O–H groups in total. The van der Waals surface area contributed by atoms with Gasteiger partial charge in [-0.2, -0.15) is 4.39 Å². The minimum absolute atomic E-state index is 0.00543. The highest BCUT2D eigenvalue weighted by Gasteiger charge is 2.42. The van der Waals surface area contributed by atoms with Crippen LogP contribution in [0.4, 0.5) is 10.1 Å². The molecule has 2 fully saturated rings. The smallest absolute Gasteiger partial charge is 0.294 e. The highest BCUT2D eigenvalue weighted by atomic mass is 19.1. The molecule has 4 rings (SSSR count). The van der Waals surface area contributed by atoms with Crippen molar-refractivity contribution < 1.29 is 18.8 Å². The third kappa shape index (κ3) is 4.88. The second-order valence-corrected chi connectivity index (χ2v) is 10.5. The maximum atomic E-state index is 13.4. The summed E-state index contributed by atoms with van der Waals surface area (Å²) in [7, 11) is 1.68. The molecule has 0 aliphatic heterocycles. The zero-order valence-electron chi connectivity index (χ0n) is 21.2. The van der Waals surface area contributed by atoms with E-state index in [2.05, 4.69) is 29.5 Å². The van der Waals surface area contributed by atoms with Crippen molar-refractivity contribution in [3.63, 3.8) is 0 Å². The predicted molar refractivity (Wildman–Crippen MR) is 132 cm³/mol. The Bertz CT molecular complexity index is 1140. The van der Waals surface area contributed by atoms with Gasteiger partial charge >= 0.3 is 0 Å². The summed E-state index contributed by atoms with van der Waals surface area (Å²) in [6, 6.07) is 2.58. The molecule has 5 atom stereocenters. The molecule has 2 aromatic rings. The number of aromatic nitrogens is 2. The lowest BCUT2D eigenvalue weighted by atomic mass is 9.62. The fourth-order valence-electron chi connectivity index (χ4n) is 6.51. The van der Waals surface area contributed by atoms with Gasteiger partial charge in [-0.15, -0.1) is 0 Å². The monoisotopic (exact) mass is 482 g/mol. The lowest BCUT2D eigenvalue weighted by Crippen LogP contribution is -2.53. The van der Waals surface area contributed by atoms with Crippen molar-refractivity contribution in [2.24, 2.45) is 30.7 Å². The SMILES string of the molecule is CCC1CC2CC(C)CC(C2)C1NC(=O)C(=O)c1c(C)c(C(=O)Nc2ccc(F)nc2)c(C)n1C. The van der Waals surface area contributed by atoms with Gasteiger partial charge in [0.25, 0.3) is 17.6 Å². The average molecular weight is 483 g/mol. The van der Waals surface area contributed by atoms with E-state index in [1.807, 2.05) is 0 Å². The van der Waals surface area contributed by atoms with Gasteiger partial charge in [0.1, 0.15) is 0 Å². The minimum Gasteiger partial charge on any atom is -0.346 e. The summed E-state index contributed by atoms with van der Waals surface area (Å²) in [5, 5.41) is 5.80. The maximum Gasteiger partial charge on any atom is 0.294 e. The van der Waals surface area contributed by atoms with Crippen LogP contribution >= 0.6 is 0 Å². The average Bonchev–Trinajstić information content (AvgIpc) is 3.04. The number of pyridine rings is 1. The van der Waals surface area contributed by atoms with Gasteiger partial charge in [0.15, 0.2) is 0 Å². The van der Waals surface area contributed by atoms with Gasteiger partial charge in [0, 0.05) is 18.8 Å². The number of ketones is 1. The number of halogens is 1. The predicted octanol–water partition coefficient (Wildman–Crippen LogP) is 4.58. The highest BCUT2D eigenvalue weighted by Crippen LogP contribution is 2.45. The number of nitrogens with one attached hydrogen (secondary N) is 2. The summed E-state index contributed by atoms with van der Waals surface area (Å²) >= 11 is 0. The molecule has 2 bridgehead atoms. The lowest BCUT2D eigenvalue weighted by molar-refractivity contribution is -0.119. The molecular formula is C27H35FN4O3. The molecule has 2 heterocycles. The number of nitrogens with zero attached hydrogens (tertiary/aromatic N) is 2. The number of hydrogen-bond acceptors (Lipinski definition) is 4. The first kappa shape index (κ1) is 25.1. The molecule has 2 aliphatic rings. The number of carbonyl (C=O) groups is 3. The van der Waals surface area contributed by atoms with Gasteiger partial charge in [-0.25, -0.2) is 4.98 Å². The number of anilines is 1. The van der Waals surface area contributed by atoms with Crippen LogP contribution in [0.15, 0.2) is 18.3 Å². The molecule has 2 amide bonds. The first-order valence-corrected chi connectivity index (χ1v) is 12.5. The largest absolute Gasteiger partial charge is 0.346 e. The van der Waals surface area contributed by atoms with E-state index < -0.39 is 23.5 Å². The molecule has 0 spiro atoms. The van der Waals surface area contributed by atoms with Crippen LogP contribution in [-0.4, -0.2) is 33.2 Å². The standard InChI is InChI=1S/C27H35FN4O3/c1-6-18-11-17-9-14(2)10-19(12-17)23(18)31-27(35)25(33)24-15(3)22(16(4)32(24)5)26(34)30-20-7-8-21(28)29-13-20/h7-8,13-14,17-19,23H,6,9-12H2,1-5H3,(H,30,34)(H,31,35). The third-order valence-electron chi connectivity index (χ3n) is 8.12. The Hall–Kier alpha value is -3.03. The molecule has 2 aromatic heterocycles. The van der Waals surface area contributed by atoms with E-state index in [0.29, 0.717) is 46.2 Å². The second kappa shape index (κ2) is 9.91. The summed E-state index contributed by atoms with van der Waals surface area (Å²) in [6.07, 6.45) is 6.76. The van der Waals surface area contributed by atoms with Gasteiger partial charge in [-0.3, -0.25) is 14.4 Å². The van der Waals surface area contributed by atoms with Crippen LogP contribution in [0.25, 0.3) is 0 Å². The molecule has 2 aliphatic carbocycles. The maximum absolute atomic E-state index is 13.4. The molecule has 0 aromatic carbocycles. The van der Waals surface area contributed by atoms with Crippen molar-refractivity contribution in [1.82, 2.24) is 14.9 Å². The van der Waals surface area contributed by atoms with Crippen LogP contribution in [0.2, 0.25) is 0 Å². The molecule has 188 valence electrons. The molecule has 7 nitrogen and oxygen atoms in total. The summed E-state index contributed by atoms with van der Waals surface area (Å²) in [4.78, 5) is 43.1. The fraction of sp³-hybridized carbons (Fsp3) is 0.556. The molecule has 2 saturated carbocycles. The second-order valence-electron chi connectivity index (χ2n) is 10.5. The number of amides is 2. The highest BCUT2D eigenvalue weighted by molar-refractivity contribution is 6.43. The molecule has 5 unspecified atom stereocenters. The molecule has 8 heteroatoms. The van der Waals surface area contributed by atoms with Gasteiger partial charge in [-0.1, -0.05) is 20.3 Å². The van der Waals surface area contributed by atoms with Crippen molar-refractivity contribution in [3.05, 3.63) is 46.8 Å². The molecule has 0 radical (unpaired) electrons. The first-order valence-electron chi connectivity index (χ1n) is 12.5. The van der Waals surface area contributed by atoms with Gasteiger partial charge in [-0.05, 0) is 80.9 Å². The zero-order valence-corrected chi connectivity index (χ0v) is 21.2. The molecule has 0 saturated heterocycles. The Morgan fingerprint density at radius 3 is 2.54 bits per heavy atom. The van der Waals surface area contributed by atoms with Crippen LogP contribution in [0.3, 0.4) is 0 Å². The number of Topliss-reactive ketones (excluding diaryl/α,β-unsaturated/α-hetero) is 1. The van der Waals surface area contributed by atoms with Crippen molar-refractivity contribution in [1.29, 1.82) is 0 Å². The summed E-state index contributed by atoms with van der Waals surface area (Å²) in [5.74, 6) is -0.181. The Morgan fingerprint density at radius 2 is 1.89 bits per heavy atom. The minimum atomic E-state index is -0.643. The molecule has 35 heavy (non-hydrogen) atoms. The summed E-state index contributed by atoms with van der Waals surface area (Å²) < 4.78 is 14.7. The van der Waals surface area contributed by atoms with Crippen LogP contribution in [0.5, 0.6) is 0 Å². The summed E-state index contributed by atoms with van der Waals surface area (Å²) in [5.41, 5.74) is 1.88. The van der Waals surface area contributed by atoms with E-state index in [4.69, 9.17) is 0 Å². The topological polar surface area (TPSA) is 93.1 Å². The normalized spacial score (nSPS) is 25.7. The van der Waals surface area contributed by atoms with Crippen LogP contribution < -0.4 is 10.6 Å². The quantitative estimate of drug-likeness (QED) is 0.358. The number of fused-ring (bicyclic) bond motifs is 2. The Kier molecular flexibility index (Phi) is 7.10. The van der Waals surface area contributed by atoms with Crippen LogP contribution in [0, 0.1) is 43.5 Å². The number of hydrogen-bond donors (Lipinski definition) is 2. The van der Waals surface area contributed by atoms with Crippen molar-refractivity contribution >= 4 is 23.3 Å². The van der Waals surface area contributed by atoms with Gasteiger partial charge in [0.2, 0.25) is 5.95 Å². The number of rotatable bonds is 6. The van der Waals surface area contributed by atoms with E-state index in [9.17, 15) is 18.8 Å². The van der Waals surface area contributed by atoms with Crippen molar-refractivity contribution in [2.45, 2.75) is 65.8 Å². The Labute approximate surface area is 205 Å². The van der Waals surface area contributed by atoms with E-state index >= 15 is 0 Å². The van der Waals surface area contributed by atoms with E-state index in [-0.39, 0.29) is 11.7 Å². The van der Waals surface area contributed by atoms with Crippen LogP contribution in [0.1, 0.15) is 78.1 Å². The van der Waals surface area contributed by atoms with E-state index in [1.165, 1.54) is 18.7 Å². The van der Waals surface area contributed by atoms with E-state index in [1.54, 1.807) is 25.5 Å². The van der Waals surface area contributed by atoms with E-state index in [0.717, 1.165) is 31.7 Å². The van der Waals surface area contributed by atoms with Crippen molar-refractivity contribution in [2.75, 3.05) is 5.32 Å². The number of carbonyl (C=O) groups excluding carboxylic acids is 3. The Morgan fingerprint density at radius 1 is 1.14 bits per heavy atom. The van der Waals surface area contributed by atoms with Gasteiger partial charge < -0.3 is 15.2 Å². The lowest BCUT2D eigenvalue weighted by Gasteiger charge is -2.47. The Balaban J connectivity index is 1.54. The van der Waals surface area contributed by atoms with Crippen LogP contribution in [-0.2, 0) is 11.8 Å². The fourth-order valence-corrected chi connectivity index (χ4v) is 6.51. The first-order chi connectivity index (χ1) is 16.6. The summed E-state index contributed by atoms with van der Waals surface area (Å²) in [6.45, 7) is 7.84. The zero-order chi connectivity index (χ0) is 25.4. The van der Waals surface area contributed by atoms with Crippen molar-refractivity contribution in [3.8, 4) is 0 Å². The third-order valence-corrected chi connectivity index (χ3v) is 8.12. The molecular weight excluding hydrogens is 447 g/mol.